The second-order valence-corrected chi connectivity index (χ2v) is 6.36. The van der Waals surface area contributed by atoms with E-state index in [1.54, 1.807) is 49.0 Å². The third kappa shape index (κ3) is 6.31. The SMILES string of the molecule is CC1=C(C)C(C)C(c2ccccc2C[O][Ti+2])=C1C.C[N-]C.C[N-]C. The van der Waals surface area contributed by atoms with Crippen molar-refractivity contribution in [3.8, 4) is 0 Å². The summed E-state index contributed by atoms with van der Waals surface area (Å²) in [7, 11) is 7.00. The largest absolute Gasteiger partial charge is 0.668 e. The summed E-state index contributed by atoms with van der Waals surface area (Å²) >= 11 is 1.75. The average molecular weight is 363 g/mol. The summed E-state index contributed by atoms with van der Waals surface area (Å²) in [5, 5.41) is 7.00. The Morgan fingerprint density at radius 1 is 0.958 bits per heavy atom. The van der Waals surface area contributed by atoms with Crippen molar-refractivity contribution >= 4 is 5.57 Å². The molecule has 0 saturated carbocycles. The molecule has 0 fully saturated rings. The second kappa shape index (κ2) is 12.6. The van der Waals surface area contributed by atoms with E-state index in [0.29, 0.717) is 12.5 Å². The molecule has 0 spiro atoms. The summed E-state index contributed by atoms with van der Waals surface area (Å²) in [6, 6.07) is 8.58. The van der Waals surface area contributed by atoms with E-state index < -0.39 is 0 Å². The van der Waals surface area contributed by atoms with Crippen LogP contribution in [0.2, 0.25) is 0 Å². The van der Waals surface area contributed by atoms with E-state index in [2.05, 4.69) is 62.6 Å². The summed E-state index contributed by atoms with van der Waals surface area (Å²) in [5.74, 6) is 0.517. The van der Waals surface area contributed by atoms with Crippen LogP contribution in [0.1, 0.15) is 38.8 Å². The zero-order valence-electron chi connectivity index (χ0n) is 16.4. The zero-order valence-corrected chi connectivity index (χ0v) is 18.0. The van der Waals surface area contributed by atoms with Crippen molar-refractivity contribution in [2.45, 2.75) is 34.3 Å². The Kier molecular flexibility index (Phi) is 12.3. The third-order valence-corrected chi connectivity index (χ3v) is 4.40. The molecule has 24 heavy (non-hydrogen) atoms. The van der Waals surface area contributed by atoms with Crippen LogP contribution in [0.4, 0.5) is 0 Å². The molecule has 1 atom stereocenters. The molecule has 0 amide bonds. The Labute approximate surface area is 160 Å². The number of nitrogens with zero attached hydrogens (tertiary/aromatic N) is 2. The van der Waals surface area contributed by atoms with Gasteiger partial charge in [0, 0.05) is 0 Å². The third-order valence-electron chi connectivity index (χ3n) is 4.18. The van der Waals surface area contributed by atoms with Crippen molar-refractivity contribution in [1.82, 2.24) is 0 Å². The van der Waals surface area contributed by atoms with Crippen LogP contribution < -0.4 is 0 Å². The summed E-state index contributed by atoms with van der Waals surface area (Å²) in [5.41, 5.74) is 8.48. The van der Waals surface area contributed by atoms with Crippen molar-refractivity contribution in [2.24, 2.45) is 5.92 Å². The van der Waals surface area contributed by atoms with Gasteiger partial charge in [-0.2, -0.15) is 28.2 Å². The molecule has 0 bridgehead atoms. The van der Waals surface area contributed by atoms with Gasteiger partial charge in [0.25, 0.3) is 0 Å². The molecular formula is C20H31N2OTi. The first kappa shape index (κ1) is 23.3. The van der Waals surface area contributed by atoms with Crippen molar-refractivity contribution in [3.63, 3.8) is 0 Å². The number of rotatable bonds is 3. The second-order valence-electron chi connectivity index (χ2n) is 5.91. The monoisotopic (exact) mass is 363 g/mol. The molecule has 1 aliphatic rings. The summed E-state index contributed by atoms with van der Waals surface area (Å²) < 4.78 is 5.32. The van der Waals surface area contributed by atoms with Gasteiger partial charge in [-0.3, -0.25) is 0 Å². The molecule has 0 N–H and O–H groups in total. The molecule has 4 heteroatoms. The number of hydrogen-bond donors (Lipinski definition) is 0. The maximum absolute atomic E-state index is 5.32. The maximum Gasteiger partial charge on any atom is -0.162 e. The first-order chi connectivity index (χ1) is 11.4. The summed E-state index contributed by atoms with van der Waals surface area (Å²) in [4.78, 5) is 0. The van der Waals surface area contributed by atoms with Crippen LogP contribution in [0.3, 0.4) is 0 Å². The first-order valence-corrected chi connectivity index (χ1v) is 8.75. The van der Waals surface area contributed by atoms with Crippen LogP contribution in [-0.2, 0) is 30.7 Å². The van der Waals surface area contributed by atoms with Crippen LogP contribution in [0.5, 0.6) is 0 Å². The summed E-state index contributed by atoms with van der Waals surface area (Å²) in [6.45, 7) is 9.69. The normalized spacial score (nSPS) is 16.5. The van der Waals surface area contributed by atoms with Crippen LogP contribution >= 0.6 is 0 Å². The average Bonchev–Trinajstić information content (AvgIpc) is 2.74. The fourth-order valence-corrected chi connectivity index (χ4v) is 3.03. The van der Waals surface area contributed by atoms with E-state index in [4.69, 9.17) is 3.32 Å². The van der Waals surface area contributed by atoms with Crippen molar-refractivity contribution < 1.29 is 24.1 Å². The van der Waals surface area contributed by atoms with Crippen molar-refractivity contribution in [3.05, 3.63) is 62.7 Å². The van der Waals surface area contributed by atoms with Gasteiger partial charge in [-0.1, -0.05) is 0 Å². The van der Waals surface area contributed by atoms with Gasteiger partial charge in [0.1, 0.15) is 0 Å². The van der Waals surface area contributed by atoms with Crippen molar-refractivity contribution in [1.29, 1.82) is 0 Å². The first-order valence-electron chi connectivity index (χ1n) is 8.12. The maximum atomic E-state index is 5.32. The molecule has 0 aliphatic heterocycles. The van der Waals surface area contributed by atoms with Gasteiger partial charge in [0.2, 0.25) is 0 Å². The number of allylic oxidation sites excluding steroid dienone is 4. The molecule has 0 heterocycles. The quantitative estimate of drug-likeness (QED) is 0.638. The van der Waals surface area contributed by atoms with Crippen LogP contribution in [-0.4, -0.2) is 28.2 Å². The van der Waals surface area contributed by atoms with Crippen LogP contribution in [0, 0.1) is 5.92 Å². The molecule has 1 aromatic rings. The predicted octanol–water partition coefficient (Wildman–Crippen LogP) is 5.66. The fourth-order valence-electron chi connectivity index (χ4n) is 2.79. The van der Waals surface area contributed by atoms with E-state index >= 15 is 0 Å². The van der Waals surface area contributed by atoms with Gasteiger partial charge in [-0.25, -0.2) is 0 Å². The molecule has 1 aromatic carbocycles. The van der Waals surface area contributed by atoms with Gasteiger partial charge >= 0.3 is 122 Å². The Bertz CT molecular complexity index is 563. The summed E-state index contributed by atoms with van der Waals surface area (Å²) in [6.07, 6.45) is 0. The predicted molar refractivity (Wildman–Crippen MR) is 102 cm³/mol. The minimum Gasteiger partial charge on any atom is -0.668 e. The topological polar surface area (TPSA) is 37.4 Å². The molecular weight excluding hydrogens is 332 g/mol. The zero-order chi connectivity index (χ0) is 18.7. The van der Waals surface area contributed by atoms with Gasteiger partial charge < -0.3 is 10.6 Å². The molecule has 0 aromatic heterocycles. The Hall–Kier alpha value is -0.706. The molecule has 1 aliphatic carbocycles. The molecule has 2 rings (SSSR count). The molecule has 0 radical (unpaired) electrons. The van der Waals surface area contributed by atoms with E-state index in [1.807, 2.05) is 0 Å². The Morgan fingerprint density at radius 2 is 1.46 bits per heavy atom. The van der Waals surface area contributed by atoms with E-state index in [9.17, 15) is 0 Å². The minimum absolute atomic E-state index is 0.517. The molecule has 3 nitrogen and oxygen atoms in total. The number of benzene rings is 1. The van der Waals surface area contributed by atoms with E-state index in [0.717, 1.165) is 0 Å². The molecule has 1 unspecified atom stereocenters. The van der Waals surface area contributed by atoms with E-state index in [1.165, 1.54) is 33.4 Å². The van der Waals surface area contributed by atoms with Crippen LogP contribution in [0.15, 0.2) is 41.0 Å². The minimum atomic E-state index is 0.517. The van der Waals surface area contributed by atoms with E-state index in [-0.39, 0.29) is 0 Å². The van der Waals surface area contributed by atoms with Gasteiger partial charge in [0.15, 0.2) is 0 Å². The van der Waals surface area contributed by atoms with Gasteiger partial charge in [-0.15, -0.1) is 0 Å². The van der Waals surface area contributed by atoms with Gasteiger partial charge in [0.05, 0.1) is 0 Å². The Morgan fingerprint density at radius 3 is 1.88 bits per heavy atom. The van der Waals surface area contributed by atoms with Crippen molar-refractivity contribution in [2.75, 3.05) is 28.2 Å². The number of hydrogen-bond acceptors (Lipinski definition) is 1. The fraction of sp³-hybridized carbons (Fsp3) is 0.500. The molecule has 131 valence electrons. The van der Waals surface area contributed by atoms with Crippen LogP contribution in [0.25, 0.3) is 16.2 Å². The smallest absolute Gasteiger partial charge is 0.162 e. The Balaban J connectivity index is 0.000000772. The van der Waals surface area contributed by atoms with Gasteiger partial charge in [-0.05, 0) is 0 Å². The standard InChI is InChI=1S/C16H19O.2C2H6N.Ti/c1-10-11(2)13(4)16(12(10)3)15-8-6-5-7-14(15)9-17;2*1-3-2;/h5-8,12H,9H2,1-4H3;2*1-2H3;/q3*-1;+3. The molecule has 0 saturated heterocycles.